The average Bonchev–Trinajstić information content (AvgIpc) is 2.53. The smallest absolute Gasteiger partial charge is 0.405 e. The summed E-state index contributed by atoms with van der Waals surface area (Å²) in [6.07, 6.45) is 1.86. The van der Waals surface area contributed by atoms with Gasteiger partial charge in [-0.2, -0.15) is 0 Å². The van der Waals surface area contributed by atoms with E-state index >= 15 is 0 Å². The molecule has 26 heavy (non-hydrogen) atoms. The first-order valence-corrected chi connectivity index (χ1v) is 9.16. The highest BCUT2D eigenvalue weighted by atomic mass is 16.6. The molecule has 2 N–H and O–H groups in total. The number of nitrogens with two attached hydrogens (primary N) is 1. The number of ether oxygens (including phenoxy) is 1. The molecule has 1 aromatic carbocycles. The Hall–Kier alpha value is -2.08. The van der Waals surface area contributed by atoms with Gasteiger partial charge in [-0.1, -0.05) is 24.3 Å². The molecular weight excluding hydrogens is 330 g/mol. The third-order valence-corrected chi connectivity index (χ3v) is 4.76. The highest BCUT2D eigenvalue weighted by molar-refractivity contribution is 5.78. The van der Waals surface area contributed by atoms with E-state index in [9.17, 15) is 9.59 Å². The Bertz CT molecular complexity index is 618. The van der Waals surface area contributed by atoms with E-state index in [1.165, 1.54) is 5.56 Å². The third kappa shape index (κ3) is 6.02. The van der Waals surface area contributed by atoms with Crippen LogP contribution in [0.1, 0.15) is 43.7 Å². The van der Waals surface area contributed by atoms with Gasteiger partial charge in [0.15, 0.2) is 0 Å². The number of rotatable bonds is 6. The maximum atomic E-state index is 12.1. The van der Waals surface area contributed by atoms with E-state index in [1.54, 1.807) is 0 Å². The lowest BCUT2D eigenvalue weighted by molar-refractivity contribution is -0.132. The Morgan fingerprint density at radius 2 is 1.77 bits per heavy atom. The molecule has 0 bridgehead atoms. The van der Waals surface area contributed by atoms with Gasteiger partial charge in [0.1, 0.15) is 5.60 Å². The zero-order valence-electron chi connectivity index (χ0n) is 16.3. The van der Waals surface area contributed by atoms with Crippen molar-refractivity contribution in [3.63, 3.8) is 0 Å². The van der Waals surface area contributed by atoms with Gasteiger partial charge in [0, 0.05) is 19.5 Å². The minimum absolute atomic E-state index is 0.209. The Morgan fingerprint density at radius 3 is 2.27 bits per heavy atom. The van der Waals surface area contributed by atoms with E-state index < -0.39 is 11.7 Å². The molecule has 0 unspecified atom stereocenters. The van der Waals surface area contributed by atoms with E-state index in [2.05, 4.69) is 24.3 Å². The van der Waals surface area contributed by atoms with Crippen LogP contribution < -0.4 is 5.73 Å². The normalized spacial score (nSPS) is 16.0. The van der Waals surface area contributed by atoms with Crippen LogP contribution in [0.3, 0.4) is 0 Å². The van der Waals surface area contributed by atoms with Crippen LogP contribution in [0.2, 0.25) is 0 Å². The molecule has 1 aromatic rings. The molecule has 1 saturated heterocycles. The average molecular weight is 361 g/mol. The van der Waals surface area contributed by atoms with Crippen molar-refractivity contribution < 1.29 is 14.3 Å². The maximum absolute atomic E-state index is 12.1. The fourth-order valence-electron chi connectivity index (χ4n) is 3.54. The monoisotopic (exact) mass is 361 g/mol. The molecular formula is C20H31N3O3. The Balaban J connectivity index is 1.89. The first-order chi connectivity index (χ1) is 12.2. The predicted octanol–water partition coefficient (Wildman–Crippen LogP) is 2.37. The summed E-state index contributed by atoms with van der Waals surface area (Å²) in [5.74, 6) is 0.697. The molecule has 0 aliphatic carbocycles. The Kier molecular flexibility index (Phi) is 6.64. The largest absolute Gasteiger partial charge is 0.443 e. The fourth-order valence-corrected chi connectivity index (χ4v) is 3.54. The van der Waals surface area contributed by atoms with Gasteiger partial charge in [0.25, 0.3) is 0 Å². The second-order valence-corrected chi connectivity index (χ2v) is 7.99. The number of primary amides is 1. The molecule has 6 nitrogen and oxygen atoms in total. The zero-order chi connectivity index (χ0) is 19.3. The van der Waals surface area contributed by atoms with Crippen LogP contribution >= 0.6 is 0 Å². The van der Waals surface area contributed by atoms with Crippen molar-refractivity contribution >= 4 is 12.0 Å². The number of benzene rings is 1. The van der Waals surface area contributed by atoms with Gasteiger partial charge < -0.3 is 20.3 Å². The van der Waals surface area contributed by atoms with Gasteiger partial charge in [-0.15, -0.1) is 0 Å². The SMILES string of the molecule is CN(C)CC(=O)N1CCC(c2ccc(CC(C)(C)OC(N)=O)cc2)CC1. The summed E-state index contributed by atoms with van der Waals surface area (Å²) in [4.78, 5) is 27.0. The van der Waals surface area contributed by atoms with Gasteiger partial charge in [-0.05, 0) is 57.8 Å². The molecule has 0 atom stereocenters. The van der Waals surface area contributed by atoms with E-state index in [0.717, 1.165) is 31.5 Å². The summed E-state index contributed by atoms with van der Waals surface area (Å²) in [7, 11) is 3.84. The molecule has 6 heteroatoms. The number of likely N-dealkylation sites (tertiary alicyclic amines) is 1. The molecule has 0 radical (unpaired) electrons. The summed E-state index contributed by atoms with van der Waals surface area (Å²) in [6, 6.07) is 8.48. The van der Waals surface area contributed by atoms with Crippen LogP contribution in [0.4, 0.5) is 4.79 Å². The molecule has 2 amide bonds. The lowest BCUT2D eigenvalue weighted by atomic mass is 9.88. The van der Waals surface area contributed by atoms with Gasteiger partial charge in [0.2, 0.25) is 5.91 Å². The predicted molar refractivity (Wildman–Crippen MR) is 102 cm³/mol. The number of carbonyl (C=O) groups excluding carboxylic acids is 2. The van der Waals surface area contributed by atoms with Crippen molar-refractivity contribution in [3.05, 3.63) is 35.4 Å². The lowest BCUT2D eigenvalue weighted by Crippen LogP contribution is -2.42. The van der Waals surface area contributed by atoms with Gasteiger partial charge >= 0.3 is 6.09 Å². The number of hydrogen-bond acceptors (Lipinski definition) is 4. The molecule has 0 aromatic heterocycles. The quantitative estimate of drug-likeness (QED) is 0.844. The summed E-state index contributed by atoms with van der Waals surface area (Å²) in [5, 5.41) is 0. The van der Waals surface area contributed by atoms with Crippen molar-refractivity contribution in [2.24, 2.45) is 5.73 Å². The van der Waals surface area contributed by atoms with E-state index in [4.69, 9.17) is 10.5 Å². The van der Waals surface area contributed by atoms with Crippen LogP contribution in [0.5, 0.6) is 0 Å². The highest BCUT2D eigenvalue weighted by Crippen LogP contribution is 2.29. The Morgan fingerprint density at radius 1 is 1.19 bits per heavy atom. The van der Waals surface area contributed by atoms with E-state index in [-0.39, 0.29) is 5.91 Å². The fraction of sp³-hybridized carbons (Fsp3) is 0.600. The third-order valence-electron chi connectivity index (χ3n) is 4.76. The number of nitrogens with zero attached hydrogens (tertiary/aromatic N) is 2. The summed E-state index contributed by atoms with van der Waals surface area (Å²) in [6.45, 7) is 5.82. The highest BCUT2D eigenvalue weighted by Gasteiger charge is 2.25. The first-order valence-electron chi connectivity index (χ1n) is 9.16. The van der Waals surface area contributed by atoms with Gasteiger partial charge in [-0.3, -0.25) is 4.79 Å². The van der Waals surface area contributed by atoms with Crippen LogP contribution in [0.25, 0.3) is 0 Å². The minimum Gasteiger partial charge on any atom is -0.443 e. The molecule has 1 fully saturated rings. The van der Waals surface area contributed by atoms with Gasteiger partial charge in [-0.25, -0.2) is 4.79 Å². The molecule has 1 heterocycles. The number of likely N-dealkylation sites (N-methyl/N-ethyl adjacent to an activating group) is 1. The molecule has 1 aliphatic rings. The van der Waals surface area contributed by atoms with Crippen molar-refractivity contribution in [3.8, 4) is 0 Å². The molecule has 2 rings (SSSR count). The summed E-state index contributed by atoms with van der Waals surface area (Å²) < 4.78 is 5.15. The first kappa shape index (κ1) is 20.2. The Labute approximate surface area is 156 Å². The van der Waals surface area contributed by atoms with Crippen molar-refractivity contribution in [1.82, 2.24) is 9.80 Å². The molecule has 0 saturated carbocycles. The van der Waals surface area contributed by atoms with Crippen LogP contribution in [0.15, 0.2) is 24.3 Å². The number of amides is 2. The standard InChI is InChI=1S/C20H31N3O3/c1-20(2,26-19(21)25)13-15-5-7-16(8-6-15)17-9-11-23(12-10-17)18(24)14-22(3)4/h5-8,17H,9-14H2,1-4H3,(H2,21,25). The van der Waals surface area contributed by atoms with Crippen molar-refractivity contribution in [2.75, 3.05) is 33.7 Å². The molecule has 144 valence electrons. The second kappa shape index (κ2) is 8.54. The topological polar surface area (TPSA) is 75.9 Å². The number of piperidine rings is 1. The van der Waals surface area contributed by atoms with Crippen molar-refractivity contribution in [1.29, 1.82) is 0 Å². The van der Waals surface area contributed by atoms with Crippen molar-refractivity contribution in [2.45, 2.75) is 44.6 Å². The second-order valence-electron chi connectivity index (χ2n) is 7.99. The van der Waals surface area contributed by atoms with Crippen LogP contribution in [-0.2, 0) is 16.0 Å². The van der Waals surface area contributed by atoms with E-state index in [1.807, 2.05) is 37.7 Å². The number of hydrogen-bond donors (Lipinski definition) is 1. The lowest BCUT2D eigenvalue weighted by Gasteiger charge is -2.33. The van der Waals surface area contributed by atoms with Crippen LogP contribution in [0, 0.1) is 0 Å². The summed E-state index contributed by atoms with van der Waals surface area (Å²) >= 11 is 0. The van der Waals surface area contributed by atoms with E-state index in [0.29, 0.717) is 18.9 Å². The molecule has 1 aliphatic heterocycles. The minimum atomic E-state index is -0.748. The number of carbonyl (C=O) groups is 2. The van der Waals surface area contributed by atoms with Crippen LogP contribution in [-0.4, -0.2) is 61.1 Å². The zero-order valence-corrected chi connectivity index (χ0v) is 16.3. The molecule has 0 spiro atoms. The summed E-state index contributed by atoms with van der Waals surface area (Å²) in [5.41, 5.74) is 6.92. The van der Waals surface area contributed by atoms with Gasteiger partial charge in [0.05, 0.1) is 6.54 Å². The maximum Gasteiger partial charge on any atom is 0.405 e.